The highest BCUT2D eigenvalue weighted by atomic mass is 35.5. The number of halogens is 1. The molecule has 98 valence electrons. The summed E-state index contributed by atoms with van der Waals surface area (Å²) in [5, 5.41) is 12.5. The summed E-state index contributed by atoms with van der Waals surface area (Å²) in [5.41, 5.74) is 7.39. The van der Waals surface area contributed by atoms with Crippen LogP contribution < -0.4 is 10.6 Å². The molecule has 1 fully saturated rings. The van der Waals surface area contributed by atoms with E-state index in [-0.39, 0.29) is 5.84 Å². The maximum atomic E-state index is 8.87. The van der Waals surface area contributed by atoms with E-state index in [9.17, 15) is 0 Å². The highest BCUT2D eigenvalue weighted by Gasteiger charge is 2.28. The summed E-state index contributed by atoms with van der Waals surface area (Å²) in [6.45, 7) is 5.40. The molecule has 1 aromatic carbocycles. The first-order valence-electron chi connectivity index (χ1n) is 6.07. The van der Waals surface area contributed by atoms with Crippen molar-refractivity contribution in [2.45, 2.75) is 26.3 Å². The molecular formula is C13H18ClN3O. The summed E-state index contributed by atoms with van der Waals surface area (Å²) in [6.07, 6.45) is 1.15. The molecule has 1 aliphatic rings. The van der Waals surface area contributed by atoms with Gasteiger partial charge in [0.2, 0.25) is 0 Å². The molecule has 0 amide bonds. The van der Waals surface area contributed by atoms with Crippen LogP contribution in [0.3, 0.4) is 0 Å². The molecule has 2 atom stereocenters. The van der Waals surface area contributed by atoms with Gasteiger partial charge in [0, 0.05) is 28.9 Å². The standard InChI is InChI=1S/C13H18ClN3O/c1-8-5-9(2)17(7-8)12-4-3-10(14)6-11(12)13(15)16-18/h3-4,6,8-9,18H,5,7H2,1-2H3,(H2,15,16). The molecule has 0 aliphatic carbocycles. The Morgan fingerprint density at radius 2 is 2.22 bits per heavy atom. The summed E-state index contributed by atoms with van der Waals surface area (Å²) in [6, 6.07) is 5.96. The highest BCUT2D eigenvalue weighted by molar-refractivity contribution is 6.31. The van der Waals surface area contributed by atoms with E-state index >= 15 is 0 Å². The fourth-order valence-electron chi connectivity index (χ4n) is 2.65. The Labute approximate surface area is 112 Å². The average Bonchev–Trinajstić information content (AvgIpc) is 2.67. The third-order valence-corrected chi connectivity index (χ3v) is 3.67. The van der Waals surface area contributed by atoms with Crippen LogP contribution in [0.5, 0.6) is 0 Å². The maximum Gasteiger partial charge on any atom is 0.172 e. The lowest BCUT2D eigenvalue weighted by molar-refractivity contribution is 0.318. The van der Waals surface area contributed by atoms with Crippen molar-refractivity contribution in [2.75, 3.05) is 11.4 Å². The first-order chi connectivity index (χ1) is 8.52. The molecule has 0 bridgehead atoms. The van der Waals surface area contributed by atoms with Crippen molar-refractivity contribution in [1.82, 2.24) is 0 Å². The van der Waals surface area contributed by atoms with E-state index in [2.05, 4.69) is 23.9 Å². The van der Waals surface area contributed by atoms with E-state index in [0.717, 1.165) is 18.7 Å². The third-order valence-electron chi connectivity index (χ3n) is 3.44. The minimum Gasteiger partial charge on any atom is -0.409 e. The van der Waals surface area contributed by atoms with Crippen LogP contribution in [-0.4, -0.2) is 23.6 Å². The van der Waals surface area contributed by atoms with Gasteiger partial charge in [0.1, 0.15) is 0 Å². The lowest BCUT2D eigenvalue weighted by Gasteiger charge is -2.26. The maximum absolute atomic E-state index is 8.87. The Bertz CT molecular complexity index is 475. The summed E-state index contributed by atoms with van der Waals surface area (Å²) >= 11 is 5.98. The molecule has 0 aromatic heterocycles. The molecule has 1 aromatic rings. The van der Waals surface area contributed by atoms with Crippen molar-refractivity contribution in [3.63, 3.8) is 0 Å². The van der Waals surface area contributed by atoms with Crippen LogP contribution in [0.2, 0.25) is 5.02 Å². The highest BCUT2D eigenvalue weighted by Crippen LogP contribution is 2.32. The quantitative estimate of drug-likeness (QED) is 0.375. The average molecular weight is 268 g/mol. The predicted octanol–water partition coefficient (Wildman–Crippen LogP) is 2.67. The van der Waals surface area contributed by atoms with Gasteiger partial charge in [-0.2, -0.15) is 0 Å². The monoisotopic (exact) mass is 267 g/mol. The normalized spacial score (nSPS) is 24.6. The number of anilines is 1. The SMILES string of the molecule is CC1CC(C)N(c2ccc(Cl)cc2/C(N)=N/O)C1. The van der Waals surface area contributed by atoms with Crippen molar-refractivity contribution in [3.05, 3.63) is 28.8 Å². The van der Waals surface area contributed by atoms with Crippen molar-refractivity contribution in [3.8, 4) is 0 Å². The second kappa shape index (κ2) is 5.06. The Balaban J connectivity index is 2.44. The predicted molar refractivity (Wildman–Crippen MR) is 74.6 cm³/mol. The zero-order chi connectivity index (χ0) is 13.3. The zero-order valence-corrected chi connectivity index (χ0v) is 11.4. The molecule has 0 radical (unpaired) electrons. The number of hydrogen-bond acceptors (Lipinski definition) is 3. The van der Waals surface area contributed by atoms with E-state index in [0.29, 0.717) is 22.5 Å². The second-order valence-electron chi connectivity index (χ2n) is 4.99. The smallest absolute Gasteiger partial charge is 0.172 e. The number of nitrogens with zero attached hydrogens (tertiary/aromatic N) is 2. The van der Waals surface area contributed by atoms with Crippen LogP contribution in [0.4, 0.5) is 5.69 Å². The topological polar surface area (TPSA) is 61.8 Å². The number of rotatable bonds is 2. The van der Waals surface area contributed by atoms with Gasteiger partial charge in [-0.3, -0.25) is 0 Å². The lowest BCUT2D eigenvalue weighted by Crippen LogP contribution is -2.29. The van der Waals surface area contributed by atoms with E-state index < -0.39 is 0 Å². The van der Waals surface area contributed by atoms with Gasteiger partial charge >= 0.3 is 0 Å². The van der Waals surface area contributed by atoms with Gasteiger partial charge in [-0.05, 0) is 37.5 Å². The van der Waals surface area contributed by atoms with Crippen molar-refractivity contribution < 1.29 is 5.21 Å². The second-order valence-corrected chi connectivity index (χ2v) is 5.43. The Hall–Kier alpha value is -1.42. The van der Waals surface area contributed by atoms with Gasteiger partial charge in [-0.1, -0.05) is 23.7 Å². The summed E-state index contributed by atoms with van der Waals surface area (Å²) < 4.78 is 0. The molecule has 1 aliphatic heterocycles. The van der Waals surface area contributed by atoms with E-state index in [4.69, 9.17) is 22.5 Å². The van der Waals surface area contributed by atoms with Crippen LogP contribution in [0, 0.1) is 5.92 Å². The van der Waals surface area contributed by atoms with E-state index in [1.165, 1.54) is 0 Å². The Morgan fingerprint density at radius 3 is 2.78 bits per heavy atom. The molecular weight excluding hydrogens is 250 g/mol. The van der Waals surface area contributed by atoms with Gasteiger partial charge in [-0.25, -0.2) is 0 Å². The molecule has 4 nitrogen and oxygen atoms in total. The minimum atomic E-state index is 0.0965. The van der Waals surface area contributed by atoms with Gasteiger partial charge in [0.05, 0.1) is 0 Å². The molecule has 0 spiro atoms. The van der Waals surface area contributed by atoms with Gasteiger partial charge in [0.15, 0.2) is 5.84 Å². The van der Waals surface area contributed by atoms with Gasteiger partial charge in [-0.15, -0.1) is 0 Å². The zero-order valence-electron chi connectivity index (χ0n) is 10.6. The third kappa shape index (κ3) is 2.38. The Morgan fingerprint density at radius 1 is 1.50 bits per heavy atom. The van der Waals surface area contributed by atoms with Crippen LogP contribution in [0.1, 0.15) is 25.8 Å². The number of oxime groups is 1. The molecule has 1 heterocycles. The van der Waals surface area contributed by atoms with Gasteiger partial charge in [0.25, 0.3) is 0 Å². The first kappa shape index (κ1) is 13.0. The van der Waals surface area contributed by atoms with E-state index in [1.807, 2.05) is 12.1 Å². The molecule has 0 saturated carbocycles. The van der Waals surface area contributed by atoms with Crippen molar-refractivity contribution in [1.29, 1.82) is 0 Å². The van der Waals surface area contributed by atoms with Gasteiger partial charge < -0.3 is 15.8 Å². The van der Waals surface area contributed by atoms with Crippen LogP contribution in [0.15, 0.2) is 23.4 Å². The minimum absolute atomic E-state index is 0.0965. The first-order valence-corrected chi connectivity index (χ1v) is 6.44. The van der Waals surface area contributed by atoms with Crippen molar-refractivity contribution >= 4 is 23.1 Å². The number of hydrogen-bond donors (Lipinski definition) is 2. The molecule has 1 saturated heterocycles. The van der Waals surface area contributed by atoms with Crippen LogP contribution >= 0.6 is 11.6 Å². The van der Waals surface area contributed by atoms with Crippen LogP contribution in [0.25, 0.3) is 0 Å². The molecule has 3 N–H and O–H groups in total. The fourth-order valence-corrected chi connectivity index (χ4v) is 2.83. The van der Waals surface area contributed by atoms with Crippen LogP contribution in [-0.2, 0) is 0 Å². The fraction of sp³-hybridized carbons (Fsp3) is 0.462. The largest absolute Gasteiger partial charge is 0.409 e. The summed E-state index contributed by atoms with van der Waals surface area (Å²) in [5.74, 6) is 0.745. The number of nitrogens with two attached hydrogens (primary N) is 1. The summed E-state index contributed by atoms with van der Waals surface area (Å²) in [7, 11) is 0. The lowest BCUT2D eigenvalue weighted by atomic mass is 10.1. The number of amidine groups is 1. The molecule has 5 heteroatoms. The Kier molecular flexibility index (Phi) is 3.66. The van der Waals surface area contributed by atoms with Crippen molar-refractivity contribution in [2.24, 2.45) is 16.8 Å². The number of benzene rings is 1. The molecule has 2 rings (SSSR count). The molecule has 18 heavy (non-hydrogen) atoms. The van der Waals surface area contributed by atoms with E-state index in [1.54, 1.807) is 6.07 Å². The molecule has 2 unspecified atom stereocenters. The summed E-state index contributed by atoms with van der Waals surface area (Å²) in [4.78, 5) is 2.29.